The quantitative estimate of drug-likeness (QED) is 0.864. The van der Waals surface area contributed by atoms with E-state index in [1.165, 1.54) is 17.7 Å². The minimum absolute atomic E-state index is 0.0239. The highest BCUT2D eigenvalue weighted by Gasteiger charge is 2.13. The molecule has 0 amide bonds. The molecule has 0 spiro atoms. The molecule has 0 aromatic heterocycles. The van der Waals surface area contributed by atoms with Crippen molar-refractivity contribution >= 4 is 0 Å². The van der Waals surface area contributed by atoms with Gasteiger partial charge in [0.15, 0.2) is 0 Å². The number of hydrogen-bond donors (Lipinski definition) is 2. The van der Waals surface area contributed by atoms with Crippen molar-refractivity contribution in [1.29, 1.82) is 0 Å². The van der Waals surface area contributed by atoms with Crippen LogP contribution in [0.15, 0.2) is 54.6 Å². The molecule has 0 bridgehead atoms. The Morgan fingerprint density at radius 1 is 1.00 bits per heavy atom. The summed E-state index contributed by atoms with van der Waals surface area (Å²) in [7, 11) is 0. The van der Waals surface area contributed by atoms with Crippen molar-refractivity contribution in [2.75, 3.05) is 6.54 Å². The highest BCUT2D eigenvalue weighted by atomic mass is 19.1. The summed E-state index contributed by atoms with van der Waals surface area (Å²) < 4.78 is 12.9. The third-order valence-corrected chi connectivity index (χ3v) is 3.26. The van der Waals surface area contributed by atoms with E-state index in [-0.39, 0.29) is 17.9 Å². The Morgan fingerprint density at radius 3 is 2.21 bits per heavy atom. The Hall–Kier alpha value is -1.71. The van der Waals surface area contributed by atoms with E-state index in [0.29, 0.717) is 6.54 Å². The van der Waals surface area contributed by atoms with Gasteiger partial charge in [-0.1, -0.05) is 42.5 Å². The van der Waals surface area contributed by atoms with Crippen molar-refractivity contribution in [1.82, 2.24) is 5.32 Å². The SMILES string of the molecule is CC(NC(CN)c1ccc(F)cc1)c1ccccc1. The molecule has 2 aromatic carbocycles. The zero-order valence-electron chi connectivity index (χ0n) is 11.0. The number of hydrogen-bond acceptors (Lipinski definition) is 2. The van der Waals surface area contributed by atoms with Gasteiger partial charge in [-0.3, -0.25) is 0 Å². The van der Waals surface area contributed by atoms with Crippen molar-refractivity contribution in [3.8, 4) is 0 Å². The second-order valence-corrected chi connectivity index (χ2v) is 4.64. The van der Waals surface area contributed by atoms with Gasteiger partial charge in [0.05, 0.1) is 0 Å². The molecule has 3 heteroatoms. The van der Waals surface area contributed by atoms with Crippen LogP contribution in [0.3, 0.4) is 0 Å². The van der Waals surface area contributed by atoms with E-state index in [4.69, 9.17) is 5.73 Å². The first-order valence-corrected chi connectivity index (χ1v) is 6.47. The molecule has 2 unspecified atom stereocenters. The van der Waals surface area contributed by atoms with Gasteiger partial charge in [0.25, 0.3) is 0 Å². The Labute approximate surface area is 113 Å². The van der Waals surface area contributed by atoms with Crippen LogP contribution in [0.2, 0.25) is 0 Å². The van der Waals surface area contributed by atoms with Crippen LogP contribution in [0.25, 0.3) is 0 Å². The maximum atomic E-state index is 12.9. The highest BCUT2D eigenvalue weighted by molar-refractivity contribution is 5.22. The molecule has 100 valence electrons. The molecule has 0 radical (unpaired) electrons. The molecule has 2 atom stereocenters. The summed E-state index contributed by atoms with van der Waals surface area (Å²) in [6.45, 7) is 2.57. The number of nitrogens with two attached hydrogens (primary N) is 1. The Kier molecular flexibility index (Phi) is 4.66. The smallest absolute Gasteiger partial charge is 0.123 e. The first-order chi connectivity index (χ1) is 9.20. The fourth-order valence-electron chi connectivity index (χ4n) is 2.14. The van der Waals surface area contributed by atoms with Crippen molar-refractivity contribution < 1.29 is 4.39 Å². The van der Waals surface area contributed by atoms with Crippen LogP contribution >= 0.6 is 0 Å². The molecule has 0 heterocycles. The molecule has 3 N–H and O–H groups in total. The van der Waals surface area contributed by atoms with Gasteiger partial charge in [0.1, 0.15) is 5.82 Å². The normalized spacial score (nSPS) is 14.1. The molecule has 0 aliphatic heterocycles. The van der Waals surface area contributed by atoms with E-state index < -0.39 is 0 Å². The molecule has 2 aromatic rings. The van der Waals surface area contributed by atoms with Crippen molar-refractivity contribution in [3.05, 3.63) is 71.5 Å². The second-order valence-electron chi connectivity index (χ2n) is 4.64. The molecule has 19 heavy (non-hydrogen) atoms. The van der Waals surface area contributed by atoms with Crippen molar-refractivity contribution in [3.63, 3.8) is 0 Å². The first kappa shape index (κ1) is 13.7. The molecule has 0 saturated heterocycles. The van der Waals surface area contributed by atoms with Crippen molar-refractivity contribution in [2.24, 2.45) is 5.73 Å². The summed E-state index contributed by atoms with van der Waals surface area (Å²) in [5.41, 5.74) is 8.03. The van der Waals surface area contributed by atoms with Crippen LogP contribution < -0.4 is 11.1 Å². The van der Waals surface area contributed by atoms with Crippen molar-refractivity contribution in [2.45, 2.75) is 19.0 Å². The monoisotopic (exact) mass is 258 g/mol. The standard InChI is InChI=1S/C16H19FN2/c1-12(13-5-3-2-4-6-13)19-16(11-18)14-7-9-15(17)10-8-14/h2-10,12,16,19H,11,18H2,1H3. The molecule has 2 rings (SSSR count). The predicted molar refractivity (Wildman–Crippen MR) is 76.2 cm³/mol. The summed E-state index contributed by atoms with van der Waals surface area (Å²) in [5, 5.41) is 3.47. The van der Waals surface area contributed by atoms with Gasteiger partial charge in [0.2, 0.25) is 0 Å². The zero-order valence-corrected chi connectivity index (χ0v) is 11.0. The summed E-state index contributed by atoms with van der Waals surface area (Å²) in [6.07, 6.45) is 0. The highest BCUT2D eigenvalue weighted by Crippen LogP contribution is 2.19. The van der Waals surface area contributed by atoms with E-state index in [1.807, 2.05) is 18.2 Å². The average Bonchev–Trinajstić information content (AvgIpc) is 2.46. The van der Waals surface area contributed by atoms with Crippen LogP contribution in [0.5, 0.6) is 0 Å². The number of nitrogens with one attached hydrogen (secondary N) is 1. The van der Waals surface area contributed by atoms with Crippen LogP contribution in [0.1, 0.15) is 30.1 Å². The molecule has 2 nitrogen and oxygen atoms in total. The second kappa shape index (κ2) is 6.45. The minimum Gasteiger partial charge on any atom is -0.329 e. The maximum absolute atomic E-state index is 12.9. The lowest BCUT2D eigenvalue weighted by atomic mass is 10.0. The fourth-order valence-corrected chi connectivity index (χ4v) is 2.14. The van der Waals surface area contributed by atoms with Gasteiger partial charge < -0.3 is 11.1 Å². The number of halogens is 1. The van der Waals surface area contributed by atoms with E-state index in [1.54, 1.807) is 12.1 Å². The summed E-state index contributed by atoms with van der Waals surface area (Å²) >= 11 is 0. The van der Waals surface area contributed by atoms with Crippen LogP contribution in [-0.4, -0.2) is 6.54 Å². The number of benzene rings is 2. The third-order valence-electron chi connectivity index (χ3n) is 3.26. The largest absolute Gasteiger partial charge is 0.329 e. The van der Waals surface area contributed by atoms with E-state index in [9.17, 15) is 4.39 Å². The first-order valence-electron chi connectivity index (χ1n) is 6.47. The van der Waals surface area contributed by atoms with E-state index in [2.05, 4.69) is 24.4 Å². The van der Waals surface area contributed by atoms with Gasteiger partial charge in [0, 0.05) is 18.6 Å². The molecular formula is C16H19FN2. The Bertz CT molecular complexity index is 496. The predicted octanol–water partition coefficient (Wildman–Crippen LogP) is 3.18. The molecule has 0 saturated carbocycles. The lowest BCUT2D eigenvalue weighted by Gasteiger charge is -2.23. The summed E-state index contributed by atoms with van der Waals surface area (Å²) in [4.78, 5) is 0. The number of rotatable bonds is 5. The van der Waals surface area contributed by atoms with Crippen LogP contribution in [0.4, 0.5) is 4.39 Å². The molecule has 0 aliphatic rings. The molecule has 0 fully saturated rings. The van der Waals surface area contributed by atoms with Gasteiger partial charge in [-0.2, -0.15) is 0 Å². The average molecular weight is 258 g/mol. The molecule has 0 aliphatic carbocycles. The van der Waals surface area contributed by atoms with Gasteiger partial charge in [-0.05, 0) is 30.2 Å². The lowest BCUT2D eigenvalue weighted by Crippen LogP contribution is -2.30. The van der Waals surface area contributed by atoms with Crippen LogP contribution in [-0.2, 0) is 0 Å². The summed E-state index contributed by atoms with van der Waals surface area (Å²) in [5.74, 6) is -0.226. The topological polar surface area (TPSA) is 38.0 Å². The van der Waals surface area contributed by atoms with E-state index in [0.717, 1.165) is 5.56 Å². The van der Waals surface area contributed by atoms with Crippen LogP contribution in [0, 0.1) is 5.82 Å². The minimum atomic E-state index is -0.226. The maximum Gasteiger partial charge on any atom is 0.123 e. The Balaban J connectivity index is 2.09. The zero-order chi connectivity index (χ0) is 13.7. The van der Waals surface area contributed by atoms with Gasteiger partial charge in [-0.15, -0.1) is 0 Å². The van der Waals surface area contributed by atoms with Gasteiger partial charge >= 0.3 is 0 Å². The third kappa shape index (κ3) is 3.63. The summed E-state index contributed by atoms with van der Waals surface area (Å²) in [6, 6.07) is 16.9. The lowest BCUT2D eigenvalue weighted by molar-refractivity contribution is 0.472. The molecular weight excluding hydrogens is 239 g/mol. The fraction of sp³-hybridized carbons (Fsp3) is 0.250. The van der Waals surface area contributed by atoms with Gasteiger partial charge in [-0.25, -0.2) is 4.39 Å². The Morgan fingerprint density at radius 2 is 1.63 bits per heavy atom. The van der Waals surface area contributed by atoms with E-state index >= 15 is 0 Å².